The summed E-state index contributed by atoms with van der Waals surface area (Å²) >= 11 is 0. The first-order chi connectivity index (χ1) is 8.29. The molecule has 0 radical (unpaired) electrons. The monoisotopic (exact) mass is 234 g/mol. The van der Waals surface area contributed by atoms with Gasteiger partial charge in [-0.3, -0.25) is 0 Å². The summed E-state index contributed by atoms with van der Waals surface area (Å²) in [5, 5.41) is 8.64. The Morgan fingerprint density at radius 1 is 1.41 bits per heavy atom. The molecule has 1 N–H and O–H groups in total. The number of hydrogen-bond donors (Lipinski definition) is 1. The van der Waals surface area contributed by atoms with E-state index in [9.17, 15) is 4.39 Å². The first kappa shape index (κ1) is 11.9. The second-order valence-corrected chi connectivity index (χ2v) is 4.18. The molecule has 1 fully saturated rings. The fraction of sp³-hybridized carbons (Fsp3) is 0.429. The topological polar surface area (TPSA) is 29.5 Å². The molecule has 1 aliphatic carbocycles. The van der Waals surface area contributed by atoms with E-state index in [0.29, 0.717) is 17.9 Å². The van der Waals surface area contributed by atoms with E-state index in [2.05, 4.69) is 11.8 Å². The van der Waals surface area contributed by atoms with E-state index in [1.54, 1.807) is 6.07 Å². The summed E-state index contributed by atoms with van der Waals surface area (Å²) in [5.41, 5.74) is 0.622. The molecular formula is C14H15FO2. The molecule has 17 heavy (non-hydrogen) atoms. The Morgan fingerprint density at radius 2 is 2.24 bits per heavy atom. The van der Waals surface area contributed by atoms with Gasteiger partial charge in [-0.25, -0.2) is 4.39 Å². The van der Waals surface area contributed by atoms with Gasteiger partial charge in [0.25, 0.3) is 0 Å². The Morgan fingerprint density at radius 3 is 2.94 bits per heavy atom. The number of hydrogen-bond acceptors (Lipinski definition) is 2. The van der Waals surface area contributed by atoms with Crippen molar-refractivity contribution in [2.75, 3.05) is 13.2 Å². The Bertz CT molecular complexity index is 441. The molecule has 1 aromatic carbocycles. The molecule has 1 saturated carbocycles. The number of aliphatic hydroxyl groups excluding tert-OH is 1. The van der Waals surface area contributed by atoms with E-state index in [1.807, 2.05) is 0 Å². The lowest BCUT2D eigenvalue weighted by molar-refractivity contribution is 0.300. The van der Waals surface area contributed by atoms with Crippen LogP contribution < -0.4 is 4.74 Å². The summed E-state index contributed by atoms with van der Waals surface area (Å²) in [7, 11) is 0. The fourth-order valence-electron chi connectivity index (χ4n) is 1.60. The van der Waals surface area contributed by atoms with Crippen molar-refractivity contribution >= 4 is 0 Å². The molecule has 0 aliphatic heterocycles. The molecule has 0 saturated heterocycles. The van der Waals surface area contributed by atoms with Crippen LogP contribution in [0.15, 0.2) is 18.2 Å². The number of benzene rings is 1. The normalized spacial score (nSPS) is 14.0. The molecule has 1 aromatic rings. The van der Waals surface area contributed by atoms with E-state index >= 15 is 0 Å². The zero-order chi connectivity index (χ0) is 12.1. The largest absolute Gasteiger partial charge is 0.492 e. The molecule has 3 heteroatoms. The molecule has 0 aromatic heterocycles. The maximum Gasteiger partial charge on any atom is 0.137 e. The smallest absolute Gasteiger partial charge is 0.137 e. The van der Waals surface area contributed by atoms with Crippen molar-refractivity contribution in [3.05, 3.63) is 29.6 Å². The van der Waals surface area contributed by atoms with Gasteiger partial charge >= 0.3 is 0 Å². The van der Waals surface area contributed by atoms with Gasteiger partial charge in [-0.15, -0.1) is 0 Å². The summed E-state index contributed by atoms with van der Waals surface area (Å²) in [4.78, 5) is 0. The average molecular weight is 234 g/mol. The van der Waals surface area contributed by atoms with Crippen LogP contribution in [0.25, 0.3) is 0 Å². The van der Waals surface area contributed by atoms with Crippen LogP contribution in [0.2, 0.25) is 0 Å². The molecule has 0 unspecified atom stereocenters. The maximum atomic E-state index is 13.1. The van der Waals surface area contributed by atoms with Crippen molar-refractivity contribution in [3.8, 4) is 17.6 Å². The fourth-order valence-corrected chi connectivity index (χ4v) is 1.60. The van der Waals surface area contributed by atoms with Gasteiger partial charge < -0.3 is 9.84 Å². The van der Waals surface area contributed by atoms with Crippen molar-refractivity contribution in [1.29, 1.82) is 0 Å². The predicted molar refractivity (Wildman–Crippen MR) is 63.2 cm³/mol. The van der Waals surface area contributed by atoms with Crippen LogP contribution in [0, 0.1) is 23.6 Å². The zero-order valence-electron chi connectivity index (χ0n) is 9.58. The van der Waals surface area contributed by atoms with Gasteiger partial charge in [-0.05, 0) is 24.5 Å². The minimum Gasteiger partial charge on any atom is -0.492 e. The molecule has 0 atom stereocenters. The van der Waals surface area contributed by atoms with E-state index in [0.717, 1.165) is 12.3 Å². The van der Waals surface area contributed by atoms with Crippen LogP contribution in [0.4, 0.5) is 4.39 Å². The third-order valence-electron chi connectivity index (χ3n) is 2.73. The molecule has 0 bridgehead atoms. The minimum absolute atomic E-state index is 0.209. The molecular weight excluding hydrogens is 219 g/mol. The zero-order valence-corrected chi connectivity index (χ0v) is 9.58. The van der Waals surface area contributed by atoms with Crippen LogP contribution in [-0.2, 0) is 0 Å². The molecule has 0 spiro atoms. The van der Waals surface area contributed by atoms with Crippen molar-refractivity contribution in [2.24, 2.45) is 5.92 Å². The highest BCUT2D eigenvalue weighted by Gasteiger charge is 2.20. The average Bonchev–Trinajstić information content (AvgIpc) is 3.12. The number of ether oxygens (including phenoxy) is 1. The number of rotatable bonds is 4. The van der Waals surface area contributed by atoms with Gasteiger partial charge in [0.2, 0.25) is 0 Å². The van der Waals surface area contributed by atoms with Gasteiger partial charge in [0.15, 0.2) is 0 Å². The van der Waals surface area contributed by atoms with Gasteiger partial charge in [-0.2, -0.15) is 0 Å². The Labute approximate surface area is 100 Å². The van der Waals surface area contributed by atoms with Gasteiger partial charge in [0.05, 0.1) is 12.2 Å². The van der Waals surface area contributed by atoms with Gasteiger partial charge in [0, 0.05) is 6.07 Å². The number of aliphatic hydroxyl groups is 1. The van der Waals surface area contributed by atoms with Crippen molar-refractivity contribution in [3.63, 3.8) is 0 Å². The van der Waals surface area contributed by atoms with Crippen LogP contribution in [-0.4, -0.2) is 18.3 Å². The van der Waals surface area contributed by atoms with Gasteiger partial charge in [-0.1, -0.05) is 24.7 Å². The SMILES string of the molecule is OCC#Cc1ccc(F)cc1OCCC1CC1. The second kappa shape index (κ2) is 5.70. The molecule has 2 rings (SSSR count). The number of halogens is 1. The van der Waals surface area contributed by atoms with Crippen molar-refractivity contribution in [1.82, 2.24) is 0 Å². The standard InChI is InChI=1S/C14H15FO2/c15-13-6-5-12(2-1-8-16)14(10-13)17-9-7-11-3-4-11/h5-6,10-11,16H,3-4,7-9H2. The molecule has 2 nitrogen and oxygen atoms in total. The highest BCUT2D eigenvalue weighted by atomic mass is 19.1. The predicted octanol–water partition coefficient (Wildman–Crippen LogP) is 2.35. The highest BCUT2D eigenvalue weighted by molar-refractivity contribution is 5.46. The van der Waals surface area contributed by atoms with Crippen molar-refractivity contribution in [2.45, 2.75) is 19.3 Å². The summed E-state index contributed by atoms with van der Waals surface area (Å²) < 4.78 is 18.6. The summed E-state index contributed by atoms with van der Waals surface area (Å²) in [6.45, 7) is 0.390. The lowest BCUT2D eigenvalue weighted by Gasteiger charge is -2.07. The van der Waals surface area contributed by atoms with E-state index in [4.69, 9.17) is 9.84 Å². The Kier molecular flexibility index (Phi) is 4.00. The van der Waals surface area contributed by atoms with E-state index in [1.165, 1.54) is 25.0 Å². The third-order valence-corrected chi connectivity index (χ3v) is 2.73. The lowest BCUT2D eigenvalue weighted by Crippen LogP contribution is -2.00. The quantitative estimate of drug-likeness (QED) is 0.810. The van der Waals surface area contributed by atoms with Gasteiger partial charge in [0.1, 0.15) is 18.2 Å². The molecule has 90 valence electrons. The lowest BCUT2D eigenvalue weighted by atomic mass is 10.2. The first-order valence-electron chi connectivity index (χ1n) is 5.81. The molecule has 0 heterocycles. The van der Waals surface area contributed by atoms with Crippen molar-refractivity contribution < 1.29 is 14.2 Å². The summed E-state index contributed by atoms with van der Waals surface area (Å²) in [5.74, 6) is 6.21. The van der Waals surface area contributed by atoms with Crippen LogP contribution in [0.5, 0.6) is 5.75 Å². The van der Waals surface area contributed by atoms with Crippen LogP contribution in [0.1, 0.15) is 24.8 Å². The Balaban J connectivity index is 2.02. The van der Waals surface area contributed by atoms with E-state index < -0.39 is 0 Å². The van der Waals surface area contributed by atoms with Crippen LogP contribution >= 0.6 is 0 Å². The van der Waals surface area contributed by atoms with E-state index in [-0.39, 0.29) is 12.4 Å². The summed E-state index contributed by atoms with van der Waals surface area (Å²) in [6, 6.07) is 4.26. The second-order valence-electron chi connectivity index (χ2n) is 4.18. The molecule has 1 aliphatic rings. The summed E-state index contributed by atoms with van der Waals surface area (Å²) in [6.07, 6.45) is 3.58. The maximum absolute atomic E-state index is 13.1. The third kappa shape index (κ3) is 3.76. The minimum atomic E-state index is -0.332. The van der Waals surface area contributed by atoms with Crippen LogP contribution in [0.3, 0.4) is 0 Å². The molecule has 0 amide bonds. The highest BCUT2D eigenvalue weighted by Crippen LogP contribution is 2.32. The Hall–Kier alpha value is -1.53. The first-order valence-corrected chi connectivity index (χ1v) is 5.81.